The van der Waals surface area contributed by atoms with E-state index >= 15 is 0 Å². The van der Waals surface area contributed by atoms with Crippen molar-refractivity contribution in [1.82, 2.24) is 0 Å². The van der Waals surface area contributed by atoms with Gasteiger partial charge in [-0.3, -0.25) is 0 Å². The number of ether oxygens (including phenoxy) is 2. The SMILES string of the molecule is CCN(N)c1ccc(O)c2c1C1C=CC(OC(=S)Nc3ccccc3)C[C@H]1O2. The van der Waals surface area contributed by atoms with E-state index in [1.807, 2.05) is 49.4 Å². The van der Waals surface area contributed by atoms with Gasteiger partial charge in [-0.1, -0.05) is 24.3 Å². The molecule has 0 aromatic heterocycles. The Kier molecular flexibility index (Phi) is 5.11. The molecule has 28 heavy (non-hydrogen) atoms. The number of benzene rings is 2. The summed E-state index contributed by atoms with van der Waals surface area (Å²) in [7, 11) is 0. The van der Waals surface area contributed by atoms with E-state index < -0.39 is 0 Å². The van der Waals surface area contributed by atoms with E-state index in [4.69, 9.17) is 27.5 Å². The number of nitrogens with zero attached hydrogens (tertiary/aromatic N) is 1. The number of thiocarbonyl (C=S) groups is 1. The van der Waals surface area contributed by atoms with Crippen molar-refractivity contribution < 1.29 is 14.6 Å². The first-order chi connectivity index (χ1) is 13.6. The Morgan fingerprint density at radius 1 is 1.29 bits per heavy atom. The highest BCUT2D eigenvalue weighted by Crippen LogP contribution is 2.51. The van der Waals surface area contributed by atoms with E-state index in [0.29, 0.717) is 23.9 Å². The van der Waals surface area contributed by atoms with E-state index in [0.717, 1.165) is 16.9 Å². The van der Waals surface area contributed by atoms with Crippen molar-refractivity contribution in [2.24, 2.45) is 5.84 Å². The molecule has 1 heterocycles. The number of nitrogens with one attached hydrogen (secondary N) is 1. The second-order valence-electron chi connectivity index (χ2n) is 6.87. The minimum atomic E-state index is -0.204. The number of phenolic OH excluding ortho intramolecular Hbond substituents is 1. The highest BCUT2D eigenvalue weighted by Gasteiger charge is 2.41. The van der Waals surface area contributed by atoms with Crippen molar-refractivity contribution in [2.75, 3.05) is 16.9 Å². The number of para-hydroxylation sites is 1. The first-order valence-corrected chi connectivity index (χ1v) is 9.73. The van der Waals surface area contributed by atoms with Crippen LogP contribution in [0.3, 0.4) is 0 Å². The average Bonchev–Trinajstić information content (AvgIpc) is 3.08. The zero-order chi connectivity index (χ0) is 19.7. The number of anilines is 2. The number of nitrogens with two attached hydrogens (primary N) is 1. The van der Waals surface area contributed by atoms with Gasteiger partial charge in [-0.15, -0.1) is 0 Å². The number of hydrogen-bond acceptors (Lipinski definition) is 6. The fourth-order valence-corrected chi connectivity index (χ4v) is 3.96. The van der Waals surface area contributed by atoms with Crippen LogP contribution in [0.5, 0.6) is 11.5 Å². The highest BCUT2D eigenvalue weighted by molar-refractivity contribution is 7.80. The molecule has 2 aromatic rings. The minimum absolute atomic E-state index is 0.0187. The Morgan fingerprint density at radius 2 is 2.07 bits per heavy atom. The predicted octanol–water partition coefficient (Wildman–Crippen LogP) is 3.68. The molecule has 0 bridgehead atoms. The van der Waals surface area contributed by atoms with Crippen LogP contribution in [0.25, 0.3) is 0 Å². The summed E-state index contributed by atoms with van der Waals surface area (Å²) in [5, 5.41) is 15.3. The van der Waals surface area contributed by atoms with E-state index in [-0.39, 0.29) is 23.9 Å². The molecular formula is C21H23N3O3S. The third kappa shape index (κ3) is 3.50. The summed E-state index contributed by atoms with van der Waals surface area (Å²) >= 11 is 5.33. The van der Waals surface area contributed by atoms with Crippen molar-refractivity contribution in [3.05, 3.63) is 60.2 Å². The average molecular weight is 398 g/mol. The number of hydrazine groups is 1. The fraction of sp³-hybridized carbons (Fsp3) is 0.286. The summed E-state index contributed by atoms with van der Waals surface area (Å²) in [4.78, 5) is 0. The van der Waals surface area contributed by atoms with Crippen LogP contribution in [0.4, 0.5) is 11.4 Å². The molecule has 4 rings (SSSR count). The lowest BCUT2D eigenvalue weighted by atomic mass is 9.86. The van der Waals surface area contributed by atoms with Gasteiger partial charge in [0.05, 0.1) is 5.69 Å². The third-order valence-electron chi connectivity index (χ3n) is 5.08. The van der Waals surface area contributed by atoms with Crippen molar-refractivity contribution in [3.8, 4) is 11.5 Å². The quantitative estimate of drug-likeness (QED) is 0.314. The third-order valence-corrected chi connectivity index (χ3v) is 5.28. The zero-order valence-electron chi connectivity index (χ0n) is 15.5. The summed E-state index contributed by atoms with van der Waals surface area (Å²) in [6, 6.07) is 13.1. The maximum atomic E-state index is 10.3. The Morgan fingerprint density at radius 3 is 2.82 bits per heavy atom. The molecule has 2 aromatic carbocycles. The van der Waals surface area contributed by atoms with E-state index in [2.05, 4.69) is 11.4 Å². The van der Waals surface area contributed by atoms with Gasteiger partial charge in [0, 0.05) is 30.1 Å². The van der Waals surface area contributed by atoms with Gasteiger partial charge < -0.3 is 24.9 Å². The van der Waals surface area contributed by atoms with Crippen LogP contribution in [-0.4, -0.2) is 29.0 Å². The fourth-order valence-electron chi connectivity index (χ4n) is 3.71. The van der Waals surface area contributed by atoms with Crippen molar-refractivity contribution in [2.45, 2.75) is 31.5 Å². The van der Waals surface area contributed by atoms with Gasteiger partial charge in [0.25, 0.3) is 5.17 Å². The van der Waals surface area contributed by atoms with Gasteiger partial charge in [-0.25, -0.2) is 5.84 Å². The van der Waals surface area contributed by atoms with Crippen molar-refractivity contribution >= 4 is 28.8 Å². The first kappa shape index (κ1) is 18.6. The zero-order valence-corrected chi connectivity index (χ0v) is 16.4. The van der Waals surface area contributed by atoms with Gasteiger partial charge in [0.1, 0.15) is 12.2 Å². The maximum absolute atomic E-state index is 10.3. The topological polar surface area (TPSA) is 80.0 Å². The smallest absolute Gasteiger partial charge is 0.261 e. The number of phenols is 1. The minimum Gasteiger partial charge on any atom is -0.504 e. The summed E-state index contributed by atoms with van der Waals surface area (Å²) in [5.41, 5.74) is 2.67. The van der Waals surface area contributed by atoms with Gasteiger partial charge in [0.2, 0.25) is 0 Å². The van der Waals surface area contributed by atoms with Crippen LogP contribution in [-0.2, 0) is 4.74 Å². The summed E-state index contributed by atoms with van der Waals surface area (Å²) in [5.74, 6) is 6.78. The molecule has 2 aliphatic rings. The summed E-state index contributed by atoms with van der Waals surface area (Å²) < 4.78 is 12.0. The molecule has 6 nitrogen and oxygen atoms in total. The number of aromatic hydroxyl groups is 1. The molecule has 0 spiro atoms. The van der Waals surface area contributed by atoms with E-state index in [1.54, 1.807) is 11.1 Å². The first-order valence-electron chi connectivity index (χ1n) is 9.32. The molecule has 0 amide bonds. The van der Waals surface area contributed by atoms with Crippen molar-refractivity contribution in [3.63, 3.8) is 0 Å². The standard InChI is InChI=1S/C21H23N3O3S/c1-2-24(22)16-10-11-17(25)20-19(16)15-9-8-14(12-18(15)27-20)26-21(28)23-13-6-4-3-5-7-13/h3-11,14-15,18,25H,2,12,22H2,1H3,(H,23,28)/t14?,15?,18-/m1/s1. The van der Waals surface area contributed by atoms with Gasteiger partial charge in [0.15, 0.2) is 11.5 Å². The molecule has 3 atom stereocenters. The largest absolute Gasteiger partial charge is 0.504 e. The summed E-state index contributed by atoms with van der Waals surface area (Å²) in [6.45, 7) is 2.64. The van der Waals surface area contributed by atoms with Gasteiger partial charge in [-0.2, -0.15) is 0 Å². The lowest BCUT2D eigenvalue weighted by Gasteiger charge is -2.27. The van der Waals surface area contributed by atoms with Gasteiger partial charge in [-0.05, 0) is 49.5 Å². The Labute approximate surface area is 169 Å². The van der Waals surface area contributed by atoms with E-state index in [1.165, 1.54) is 0 Å². The lowest BCUT2D eigenvalue weighted by molar-refractivity contribution is 0.126. The number of hydrogen-bond donors (Lipinski definition) is 3. The second kappa shape index (κ2) is 7.69. The van der Waals surface area contributed by atoms with Crippen LogP contribution >= 0.6 is 12.2 Å². The molecule has 0 saturated carbocycles. The van der Waals surface area contributed by atoms with Crippen LogP contribution in [0.15, 0.2) is 54.6 Å². The van der Waals surface area contributed by atoms with Crippen LogP contribution in [0.2, 0.25) is 0 Å². The molecule has 146 valence electrons. The molecule has 1 aliphatic heterocycles. The Hall–Kier alpha value is -2.77. The lowest BCUT2D eigenvalue weighted by Crippen LogP contribution is -2.33. The van der Waals surface area contributed by atoms with Crippen LogP contribution < -0.4 is 20.9 Å². The number of rotatable bonds is 4. The molecule has 4 N–H and O–H groups in total. The van der Waals surface area contributed by atoms with E-state index in [9.17, 15) is 5.11 Å². The Bertz CT molecular complexity index is 903. The molecule has 2 unspecified atom stereocenters. The normalized spacial score (nSPS) is 22.0. The second-order valence-corrected chi connectivity index (χ2v) is 7.24. The molecule has 0 saturated heterocycles. The highest BCUT2D eigenvalue weighted by atomic mass is 32.1. The molecule has 7 heteroatoms. The summed E-state index contributed by atoms with van der Waals surface area (Å²) in [6.07, 6.45) is 4.34. The van der Waals surface area contributed by atoms with Crippen LogP contribution in [0, 0.1) is 0 Å². The van der Waals surface area contributed by atoms with Gasteiger partial charge >= 0.3 is 0 Å². The Balaban J connectivity index is 1.49. The maximum Gasteiger partial charge on any atom is 0.261 e. The molecular weight excluding hydrogens is 374 g/mol. The molecule has 0 fully saturated rings. The monoisotopic (exact) mass is 397 g/mol. The van der Waals surface area contributed by atoms with Crippen LogP contribution in [0.1, 0.15) is 24.8 Å². The number of fused-ring (bicyclic) bond motifs is 3. The molecule has 1 aliphatic carbocycles. The predicted molar refractivity (Wildman–Crippen MR) is 114 cm³/mol. The van der Waals surface area contributed by atoms with Crippen molar-refractivity contribution in [1.29, 1.82) is 0 Å². The molecule has 0 radical (unpaired) electrons.